The molecule has 1 aromatic heterocycles. The van der Waals surface area contributed by atoms with E-state index in [1.807, 2.05) is 20.8 Å². The van der Waals surface area contributed by atoms with Crippen LogP contribution in [0.4, 0.5) is 10.6 Å². The molecule has 2 unspecified atom stereocenters. The van der Waals surface area contributed by atoms with E-state index in [4.69, 9.17) is 10.5 Å². The van der Waals surface area contributed by atoms with Crippen LogP contribution in [-0.4, -0.2) is 32.8 Å². The lowest BCUT2D eigenvalue weighted by molar-refractivity contribution is -0.119. The Morgan fingerprint density at radius 3 is 2.65 bits per heavy atom. The molecule has 1 fully saturated rings. The highest BCUT2D eigenvalue weighted by molar-refractivity contribution is 8.01. The highest BCUT2D eigenvalue weighted by Gasteiger charge is 2.48. The number of anilines is 1. The maximum absolute atomic E-state index is 12.5. The predicted octanol–water partition coefficient (Wildman–Crippen LogP) is 1.35. The molecule has 0 saturated carbocycles. The van der Waals surface area contributed by atoms with Crippen LogP contribution in [0.5, 0.6) is 0 Å². The van der Waals surface area contributed by atoms with E-state index < -0.39 is 11.7 Å². The summed E-state index contributed by atoms with van der Waals surface area (Å²) in [7, 11) is 0. The van der Waals surface area contributed by atoms with E-state index in [0.717, 1.165) is 0 Å². The molecule has 1 aliphatic heterocycles. The normalized spacial score (nSPS) is 22.9. The monoisotopic (exact) mass is 296 g/mol. The Labute approximate surface area is 120 Å². The standard InChI is InChI=1S/C12H16N4O3S/c1-12(2,3)8-9(17)16(7-6-14-4-5-15-7)11(20-8)19-10(13)18/h4-6,8,11H,1-3H3,(H2,13,18). The molecular weight excluding hydrogens is 280 g/mol. The van der Waals surface area contributed by atoms with Gasteiger partial charge in [-0.3, -0.25) is 9.78 Å². The zero-order valence-electron chi connectivity index (χ0n) is 11.4. The average Bonchev–Trinajstić information content (AvgIpc) is 2.66. The van der Waals surface area contributed by atoms with Crippen molar-refractivity contribution in [2.75, 3.05) is 4.90 Å². The van der Waals surface area contributed by atoms with E-state index in [-0.39, 0.29) is 16.6 Å². The highest BCUT2D eigenvalue weighted by Crippen LogP contribution is 2.43. The Hall–Kier alpha value is -1.83. The molecule has 8 heteroatoms. The van der Waals surface area contributed by atoms with Crippen molar-refractivity contribution < 1.29 is 14.3 Å². The van der Waals surface area contributed by atoms with Gasteiger partial charge in [-0.2, -0.15) is 0 Å². The van der Waals surface area contributed by atoms with Gasteiger partial charge in [0.15, 0.2) is 5.82 Å². The molecule has 2 N–H and O–H groups in total. The average molecular weight is 296 g/mol. The molecule has 0 aliphatic carbocycles. The number of amides is 2. The molecule has 20 heavy (non-hydrogen) atoms. The second-order valence-corrected chi connectivity index (χ2v) is 6.54. The predicted molar refractivity (Wildman–Crippen MR) is 74.8 cm³/mol. The van der Waals surface area contributed by atoms with E-state index in [9.17, 15) is 9.59 Å². The smallest absolute Gasteiger partial charge is 0.407 e. The number of nitrogens with two attached hydrogens (primary N) is 1. The van der Waals surface area contributed by atoms with Gasteiger partial charge in [0.1, 0.15) is 0 Å². The van der Waals surface area contributed by atoms with Crippen LogP contribution >= 0.6 is 11.8 Å². The number of aromatic nitrogens is 2. The first-order chi connectivity index (χ1) is 9.30. The summed E-state index contributed by atoms with van der Waals surface area (Å²) in [5.74, 6) is 0.164. The Kier molecular flexibility index (Phi) is 3.85. The molecule has 1 aromatic rings. The second kappa shape index (κ2) is 5.28. The Balaban J connectivity index is 2.35. The molecule has 0 radical (unpaired) electrons. The molecule has 7 nitrogen and oxygen atoms in total. The van der Waals surface area contributed by atoms with Crippen LogP contribution in [0.3, 0.4) is 0 Å². The molecule has 0 bridgehead atoms. The summed E-state index contributed by atoms with van der Waals surface area (Å²) in [4.78, 5) is 32.9. The zero-order chi connectivity index (χ0) is 14.9. The van der Waals surface area contributed by atoms with Crippen LogP contribution in [-0.2, 0) is 9.53 Å². The number of hydrogen-bond acceptors (Lipinski definition) is 6. The van der Waals surface area contributed by atoms with Crippen molar-refractivity contribution >= 4 is 29.6 Å². The van der Waals surface area contributed by atoms with Crippen molar-refractivity contribution in [2.24, 2.45) is 11.1 Å². The van der Waals surface area contributed by atoms with E-state index in [0.29, 0.717) is 5.82 Å². The van der Waals surface area contributed by atoms with Crippen LogP contribution in [0.2, 0.25) is 0 Å². The summed E-state index contributed by atoms with van der Waals surface area (Å²) in [6.07, 6.45) is 3.49. The summed E-state index contributed by atoms with van der Waals surface area (Å²) in [6, 6.07) is 0. The fourth-order valence-corrected chi connectivity index (χ4v) is 3.21. The minimum absolute atomic E-state index is 0.172. The lowest BCUT2D eigenvalue weighted by atomic mass is 9.91. The molecule has 0 spiro atoms. The number of carbonyl (C=O) groups excluding carboxylic acids is 2. The SMILES string of the molecule is CC(C)(C)C1SC(OC(N)=O)N(c2cnccn2)C1=O. The van der Waals surface area contributed by atoms with Gasteiger partial charge in [0.05, 0.1) is 11.4 Å². The minimum Gasteiger partial charge on any atom is -0.415 e. The van der Waals surface area contributed by atoms with Gasteiger partial charge >= 0.3 is 6.09 Å². The van der Waals surface area contributed by atoms with Gasteiger partial charge in [-0.05, 0) is 5.41 Å². The number of rotatable bonds is 2. The van der Waals surface area contributed by atoms with Crippen LogP contribution in [0.25, 0.3) is 0 Å². The Morgan fingerprint density at radius 2 is 2.15 bits per heavy atom. The van der Waals surface area contributed by atoms with Crippen molar-refractivity contribution in [1.29, 1.82) is 0 Å². The third-order valence-corrected chi connectivity index (χ3v) is 4.45. The largest absolute Gasteiger partial charge is 0.415 e. The number of primary amides is 1. The second-order valence-electron chi connectivity index (χ2n) is 5.40. The minimum atomic E-state index is -0.932. The van der Waals surface area contributed by atoms with Gasteiger partial charge in [0.2, 0.25) is 11.5 Å². The van der Waals surface area contributed by atoms with Crippen LogP contribution in [0.15, 0.2) is 18.6 Å². The van der Waals surface area contributed by atoms with E-state index in [2.05, 4.69) is 9.97 Å². The van der Waals surface area contributed by atoms with Crippen LogP contribution in [0, 0.1) is 5.41 Å². The first-order valence-corrected chi connectivity index (χ1v) is 6.95. The number of hydrogen-bond donors (Lipinski definition) is 1. The molecule has 2 rings (SSSR count). The van der Waals surface area contributed by atoms with Gasteiger partial charge in [-0.15, -0.1) is 0 Å². The van der Waals surface area contributed by atoms with Crippen LogP contribution in [0.1, 0.15) is 20.8 Å². The van der Waals surface area contributed by atoms with Crippen molar-refractivity contribution in [1.82, 2.24) is 9.97 Å². The number of ether oxygens (including phenoxy) is 1. The van der Waals surface area contributed by atoms with Gasteiger partial charge < -0.3 is 10.5 Å². The maximum atomic E-state index is 12.5. The van der Waals surface area contributed by atoms with Gasteiger partial charge in [-0.1, -0.05) is 32.5 Å². The van der Waals surface area contributed by atoms with E-state index >= 15 is 0 Å². The van der Waals surface area contributed by atoms with Crippen molar-refractivity contribution in [3.63, 3.8) is 0 Å². The van der Waals surface area contributed by atoms with Crippen LogP contribution < -0.4 is 10.6 Å². The van der Waals surface area contributed by atoms with Crippen molar-refractivity contribution in [3.05, 3.63) is 18.6 Å². The van der Waals surface area contributed by atoms with E-state index in [1.54, 1.807) is 0 Å². The fourth-order valence-electron chi connectivity index (χ4n) is 1.86. The summed E-state index contributed by atoms with van der Waals surface area (Å²) in [5, 5.41) is -0.353. The molecule has 0 aromatic carbocycles. The summed E-state index contributed by atoms with van der Waals surface area (Å²) >= 11 is 1.24. The third-order valence-electron chi connectivity index (χ3n) is 2.72. The molecule has 1 aliphatic rings. The third kappa shape index (κ3) is 2.84. The number of thioether (sulfide) groups is 1. The molecule has 2 heterocycles. The lowest BCUT2D eigenvalue weighted by Gasteiger charge is -2.23. The number of nitrogens with zero attached hydrogens (tertiary/aromatic N) is 3. The molecule has 108 valence electrons. The first kappa shape index (κ1) is 14.6. The Morgan fingerprint density at radius 1 is 1.45 bits per heavy atom. The molecule has 2 atom stereocenters. The maximum Gasteiger partial charge on any atom is 0.407 e. The van der Waals surface area contributed by atoms with Gasteiger partial charge in [-0.25, -0.2) is 14.7 Å². The lowest BCUT2D eigenvalue weighted by Crippen LogP contribution is -2.40. The topological polar surface area (TPSA) is 98.4 Å². The van der Waals surface area contributed by atoms with Crippen molar-refractivity contribution in [3.8, 4) is 0 Å². The van der Waals surface area contributed by atoms with Gasteiger partial charge in [0.25, 0.3) is 0 Å². The molecule has 2 amide bonds. The molecular formula is C12H16N4O3S. The zero-order valence-corrected chi connectivity index (χ0v) is 12.3. The summed E-state index contributed by atoms with van der Waals surface area (Å²) in [6.45, 7) is 5.85. The number of carbonyl (C=O) groups is 2. The van der Waals surface area contributed by atoms with E-state index in [1.165, 1.54) is 35.3 Å². The molecule has 1 saturated heterocycles. The summed E-state index contributed by atoms with van der Waals surface area (Å²) in [5.41, 5.74) is 3.97. The fraction of sp³-hybridized carbons (Fsp3) is 0.500. The highest BCUT2D eigenvalue weighted by atomic mass is 32.2. The van der Waals surface area contributed by atoms with Gasteiger partial charge in [0, 0.05) is 12.4 Å². The first-order valence-electron chi connectivity index (χ1n) is 6.01. The Bertz CT molecular complexity index is 517. The quantitative estimate of drug-likeness (QED) is 0.884. The summed E-state index contributed by atoms with van der Waals surface area (Å²) < 4.78 is 5.01. The van der Waals surface area contributed by atoms with Crippen molar-refractivity contribution in [2.45, 2.75) is 31.6 Å².